The summed E-state index contributed by atoms with van der Waals surface area (Å²) < 4.78 is 0. The van der Waals surface area contributed by atoms with Crippen LogP contribution in [0.5, 0.6) is 0 Å². The van der Waals surface area contributed by atoms with Gasteiger partial charge in [0.1, 0.15) is 6.07 Å². The van der Waals surface area contributed by atoms with E-state index in [1.807, 2.05) is 12.1 Å². The van der Waals surface area contributed by atoms with Gasteiger partial charge in [-0.25, -0.2) is 4.98 Å². The van der Waals surface area contributed by atoms with Crippen molar-refractivity contribution >= 4 is 5.69 Å². The van der Waals surface area contributed by atoms with E-state index >= 15 is 0 Å². The Morgan fingerprint density at radius 1 is 1.47 bits per heavy atom. The third-order valence-corrected chi connectivity index (χ3v) is 2.40. The van der Waals surface area contributed by atoms with Crippen LogP contribution in [0.4, 0.5) is 5.69 Å². The molecule has 0 radical (unpaired) electrons. The smallest absolute Gasteiger partial charge is 0.163 e. The fraction of sp³-hybridized carbons (Fsp3) is 0.500. The number of hydrogen-bond donors (Lipinski definition) is 0. The Hall–Kier alpha value is -1.56. The number of anilines is 1. The maximum absolute atomic E-state index is 8.95. The van der Waals surface area contributed by atoms with E-state index < -0.39 is 0 Å². The lowest BCUT2D eigenvalue weighted by Crippen LogP contribution is -2.24. The van der Waals surface area contributed by atoms with E-state index in [-0.39, 0.29) is 0 Å². The summed E-state index contributed by atoms with van der Waals surface area (Å²) in [5.74, 6) is 0. The second kappa shape index (κ2) is 6.02. The molecule has 0 fully saturated rings. The van der Waals surface area contributed by atoms with Gasteiger partial charge in [-0.2, -0.15) is 5.26 Å². The number of pyridine rings is 1. The van der Waals surface area contributed by atoms with E-state index in [0.29, 0.717) is 5.69 Å². The van der Waals surface area contributed by atoms with E-state index in [9.17, 15) is 0 Å². The molecule has 0 aliphatic rings. The minimum Gasteiger partial charge on any atom is -0.369 e. The van der Waals surface area contributed by atoms with Crippen molar-refractivity contribution in [2.75, 3.05) is 18.0 Å². The summed E-state index contributed by atoms with van der Waals surface area (Å²) in [6, 6.07) is 5.98. The van der Waals surface area contributed by atoms with Crippen molar-refractivity contribution in [2.45, 2.75) is 26.7 Å². The Balaban J connectivity index is 2.86. The summed E-state index contributed by atoms with van der Waals surface area (Å²) in [5, 5.41) is 8.95. The third-order valence-electron chi connectivity index (χ3n) is 2.40. The van der Waals surface area contributed by atoms with Crippen molar-refractivity contribution in [1.29, 1.82) is 5.26 Å². The van der Waals surface area contributed by atoms with Crippen molar-refractivity contribution < 1.29 is 0 Å². The molecule has 1 aromatic rings. The molecule has 0 unspecified atom stereocenters. The fourth-order valence-corrected chi connectivity index (χ4v) is 1.54. The minimum atomic E-state index is 0.524. The zero-order chi connectivity index (χ0) is 11.1. The topological polar surface area (TPSA) is 39.9 Å². The Morgan fingerprint density at radius 2 is 2.27 bits per heavy atom. The van der Waals surface area contributed by atoms with Gasteiger partial charge in [0.2, 0.25) is 0 Å². The molecule has 0 saturated carbocycles. The van der Waals surface area contributed by atoms with Crippen molar-refractivity contribution in [2.24, 2.45) is 0 Å². The summed E-state index contributed by atoms with van der Waals surface area (Å²) in [6.45, 7) is 6.18. The quantitative estimate of drug-likeness (QED) is 0.738. The molecule has 0 aliphatic heterocycles. The van der Waals surface area contributed by atoms with Crippen LogP contribution in [-0.4, -0.2) is 18.1 Å². The van der Waals surface area contributed by atoms with Gasteiger partial charge in [0.05, 0.1) is 5.69 Å². The molecule has 0 aliphatic carbocycles. The van der Waals surface area contributed by atoms with E-state index in [1.165, 1.54) is 6.42 Å². The van der Waals surface area contributed by atoms with Crippen molar-refractivity contribution in [3.05, 3.63) is 24.0 Å². The zero-order valence-corrected chi connectivity index (χ0v) is 9.40. The highest BCUT2D eigenvalue weighted by molar-refractivity contribution is 5.55. The number of rotatable bonds is 5. The molecule has 0 saturated heterocycles. The lowest BCUT2D eigenvalue weighted by atomic mass is 10.2. The van der Waals surface area contributed by atoms with Crippen LogP contribution in [0.3, 0.4) is 0 Å². The molecule has 3 heteroatoms. The molecule has 1 aromatic heterocycles. The number of hydrogen-bond acceptors (Lipinski definition) is 3. The van der Waals surface area contributed by atoms with Crippen molar-refractivity contribution in [1.82, 2.24) is 4.98 Å². The number of aromatic nitrogens is 1. The van der Waals surface area contributed by atoms with Gasteiger partial charge in [-0.15, -0.1) is 0 Å². The summed E-state index contributed by atoms with van der Waals surface area (Å²) >= 11 is 0. The van der Waals surface area contributed by atoms with Crippen LogP contribution in [0.1, 0.15) is 32.4 Å². The molecule has 0 atom stereocenters. The van der Waals surface area contributed by atoms with Gasteiger partial charge in [0.15, 0.2) is 5.69 Å². The van der Waals surface area contributed by atoms with Gasteiger partial charge in [0.25, 0.3) is 0 Å². The molecule has 15 heavy (non-hydrogen) atoms. The molecule has 1 heterocycles. The Bertz CT molecular complexity index is 341. The van der Waals surface area contributed by atoms with Gasteiger partial charge in [-0.1, -0.05) is 13.3 Å². The Labute approximate surface area is 91.4 Å². The molecule has 0 bridgehead atoms. The first-order valence-electron chi connectivity index (χ1n) is 5.43. The van der Waals surface area contributed by atoms with E-state index in [4.69, 9.17) is 5.26 Å². The molecular weight excluding hydrogens is 186 g/mol. The van der Waals surface area contributed by atoms with Gasteiger partial charge in [-0.05, 0) is 25.5 Å². The lowest BCUT2D eigenvalue weighted by Gasteiger charge is -2.23. The maximum Gasteiger partial charge on any atom is 0.163 e. The highest BCUT2D eigenvalue weighted by atomic mass is 15.1. The van der Waals surface area contributed by atoms with Crippen molar-refractivity contribution in [3.8, 4) is 6.07 Å². The van der Waals surface area contributed by atoms with Crippen LogP contribution in [0.25, 0.3) is 0 Å². The standard InChI is InChI=1S/C12H17N3/c1-3-5-9-15(4-2)12-7-6-8-14-11(12)10-13/h6-8H,3-5,9H2,1-2H3. The average Bonchev–Trinajstić information content (AvgIpc) is 2.30. The highest BCUT2D eigenvalue weighted by Crippen LogP contribution is 2.17. The van der Waals surface area contributed by atoms with Crippen LogP contribution < -0.4 is 4.90 Å². The normalized spacial score (nSPS) is 9.67. The minimum absolute atomic E-state index is 0.524. The van der Waals surface area contributed by atoms with Crippen molar-refractivity contribution in [3.63, 3.8) is 0 Å². The first-order valence-corrected chi connectivity index (χ1v) is 5.43. The summed E-state index contributed by atoms with van der Waals surface area (Å²) in [6.07, 6.45) is 3.97. The molecule has 0 N–H and O–H groups in total. The van der Waals surface area contributed by atoms with Gasteiger partial charge in [-0.3, -0.25) is 0 Å². The maximum atomic E-state index is 8.95. The molecule has 3 nitrogen and oxygen atoms in total. The summed E-state index contributed by atoms with van der Waals surface area (Å²) in [7, 11) is 0. The summed E-state index contributed by atoms with van der Waals surface area (Å²) in [4.78, 5) is 6.27. The molecular formula is C12H17N3. The van der Waals surface area contributed by atoms with Gasteiger partial charge >= 0.3 is 0 Å². The second-order valence-electron chi connectivity index (χ2n) is 3.42. The van der Waals surface area contributed by atoms with Crippen LogP contribution >= 0.6 is 0 Å². The highest BCUT2D eigenvalue weighted by Gasteiger charge is 2.08. The van der Waals surface area contributed by atoms with Crippen LogP contribution in [0.2, 0.25) is 0 Å². The Morgan fingerprint density at radius 3 is 2.87 bits per heavy atom. The summed E-state index contributed by atoms with van der Waals surface area (Å²) in [5.41, 5.74) is 1.48. The molecule has 0 amide bonds. The average molecular weight is 203 g/mol. The number of nitrogens with zero attached hydrogens (tertiary/aromatic N) is 3. The van der Waals surface area contributed by atoms with Crippen LogP contribution in [0, 0.1) is 11.3 Å². The molecule has 0 spiro atoms. The largest absolute Gasteiger partial charge is 0.369 e. The predicted molar refractivity (Wildman–Crippen MR) is 61.7 cm³/mol. The Kier molecular flexibility index (Phi) is 4.62. The number of nitriles is 1. The van der Waals surface area contributed by atoms with E-state index in [2.05, 4.69) is 29.8 Å². The number of unbranched alkanes of at least 4 members (excludes halogenated alkanes) is 1. The SMILES string of the molecule is CCCCN(CC)c1cccnc1C#N. The molecule has 0 aromatic carbocycles. The molecule has 80 valence electrons. The van der Waals surface area contributed by atoms with E-state index in [1.54, 1.807) is 6.20 Å². The van der Waals surface area contributed by atoms with E-state index in [0.717, 1.165) is 25.2 Å². The first kappa shape index (κ1) is 11.5. The first-order chi connectivity index (χ1) is 7.33. The van der Waals surface area contributed by atoms with Crippen LogP contribution in [-0.2, 0) is 0 Å². The van der Waals surface area contributed by atoms with Gasteiger partial charge in [0, 0.05) is 19.3 Å². The van der Waals surface area contributed by atoms with Gasteiger partial charge < -0.3 is 4.90 Å². The third kappa shape index (κ3) is 2.95. The monoisotopic (exact) mass is 203 g/mol. The van der Waals surface area contributed by atoms with Crippen LogP contribution in [0.15, 0.2) is 18.3 Å². The second-order valence-corrected chi connectivity index (χ2v) is 3.42. The lowest BCUT2D eigenvalue weighted by molar-refractivity contribution is 0.730. The predicted octanol–water partition coefficient (Wildman–Crippen LogP) is 2.58. The zero-order valence-electron chi connectivity index (χ0n) is 9.40. The fourth-order valence-electron chi connectivity index (χ4n) is 1.54. The molecule has 1 rings (SSSR count).